The Morgan fingerprint density at radius 2 is 2.26 bits per heavy atom. The van der Waals surface area contributed by atoms with Gasteiger partial charge in [-0.1, -0.05) is 0 Å². The van der Waals surface area contributed by atoms with Crippen LogP contribution in [0.4, 0.5) is 0 Å². The molecule has 2 heterocycles. The second-order valence-electron chi connectivity index (χ2n) is 4.28. The van der Waals surface area contributed by atoms with E-state index in [-0.39, 0.29) is 24.4 Å². The number of aromatic nitrogens is 1. The lowest BCUT2D eigenvalue weighted by atomic mass is 10.1. The van der Waals surface area contributed by atoms with Crippen LogP contribution in [0.15, 0.2) is 23.1 Å². The molecule has 1 aliphatic heterocycles. The summed E-state index contributed by atoms with van der Waals surface area (Å²) in [6, 6.07) is 2.73. The van der Waals surface area contributed by atoms with Crippen LogP contribution in [0.1, 0.15) is 16.8 Å². The zero-order chi connectivity index (χ0) is 13.8. The Morgan fingerprint density at radius 1 is 1.47 bits per heavy atom. The fourth-order valence-corrected chi connectivity index (χ4v) is 1.95. The zero-order valence-electron chi connectivity index (χ0n) is 10.2. The number of carbonyl (C=O) groups is 2. The molecule has 0 saturated carbocycles. The second kappa shape index (κ2) is 5.66. The fraction of sp³-hybridized carbons (Fsp3) is 0.417. The number of nitrogens with zero attached hydrogens (tertiary/aromatic N) is 1. The second-order valence-corrected chi connectivity index (χ2v) is 4.28. The van der Waals surface area contributed by atoms with Gasteiger partial charge in [-0.2, -0.15) is 0 Å². The molecule has 1 saturated heterocycles. The number of nitrogens with one attached hydrogen (secondary N) is 1. The maximum absolute atomic E-state index is 12.1. The third-order valence-electron chi connectivity index (χ3n) is 2.86. The molecule has 19 heavy (non-hydrogen) atoms. The molecule has 1 fully saturated rings. The number of carboxylic acids is 1. The first kappa shape index (κ1) is 13.3. The highest BCUT2D eigenvalue weighted by Crippen LogP contribution is 2.11. The van der Waals surface area contributed by atoms with Crippen LogP contribution in [0.3, 0.4) is 0 Å². The van der Waals surface area contributed by atoms with Crippen LogP contribution >= 0.6 is 0 Å². The Morgan fingerprint density at radius 3 is 2.89 bits per heavy atom. The summed E-state index contributed by atoms with van der Waals surface area (Å²) in [4.78, 5) is 37.7. The molecule has 7 nitrogen and oxygen atoms in total. The number of rotatable bonds is 3. The summed E-state index contributed by atoms with van der Waals surface area (Å²) in [6.07, 6.45) is 0.736. The first-order valence-corrected chi connectivity index (χ1v) is 5.87. The van der Waals surface area contributed by atoms with Gasteiger partial charge in [-0.15, -0.1) is 0 Å². The number of carboxylic acid groups (broad SMARTS) is 1. The largest absolute Gasteiger partial charge is 0.481 e. The molecule has 102 valence electrons. The van der Waals surface area contributed by atoms with Crippen LogP contribution in [0.5, 0.6) is 0 Å². The third kappa shape index (κ3) is 3.41. The van der Waals surface area contributed by atoms with Gasteiger partial charge in [0.15, 0.2) is 0 Å². The quantitative estimate of drug-likeness (QED) is 0.781. The molecule has 1 aromatic heterocycles. The van der Waals surface area contributed by atoms with E-state index in [1.54, 1.807) is 0 Å². The number of amides is 1. The van der Waals surface area contributed by atoms with Crippen molar-refractivity contribution in [3.8, 4) is 0 Å². The Labute approximate surface area is 108 Å². The van der Waals surface area contributed by atoms with E-state index >= 15 is 0 Å². The molecule has 0 radical (unpaired) electrons. The Bertz CT molecular complexity index is 519. The van der Waals surface area contributed by atoms with Gasteiger partial charge in [0.2, 0.25) is 5.56 Å². The molecule has 0 aromatic carbocycles. The molecule has 2 N–H and O–H groups in total. The summed E-state index contributed by atoms with van der Waals surface area (Å²) in [7, 11) is 0. The van der Waals surface area contributed by atoms with Crippen molar-refractivity contribution in [2.75, 3.05) is 19.7 Å². The SMILES string of the molecule is O=C(O)CC1CN(C(=O)c2ccc(=O)[nH]c2)CCO1. The van der Waals surface area contributed by atoms with Crippen molar-refractivity contribution in [1.82, 2.24) is 9.88 Å². The van der Waals surface area contributed by atoms with E-state index in [1.807, 2.05) is 0 Å². The normalized spacial score (nSPS) is 19.2. The smallest absolute Gasteiger partial charge is 0.306 e. The minimum atomic E-state index is -0.955. The summed E-state index contributed by atoms with van der Waals surface area (Å²) in [5, 5.41) is 8.71. The topological polar surface area (TPSA) is 99.7 Å². The summed E-state index contributed by atoms with van der Waals surface area (Å²) in [5.41, 5.74) is 0.0952. The molecule has 2 rings (SSSR count). The van der Waals surface area contributed by atoms with E-state index in [9.17, 15) is 14.4 Å². The molecule has 7 heteroatoms. The standard InChI is InChI=1S/C12H14N2O5/c15-10-2-1-8(6-13-10)12(18)14-3-4-19-9(7-14)5-11(16)17/h1-2,6,9H,3-5,7H2,(H,13,15)(H,16,17). The van der Waals surface area contributed by atoms with Gasteiger partial charge in [-0.3, -0.25) is 14.4 Å². The summed E-state index contributed by atoms with van der Waals surface area (Å²) < 4.78 is 5.29. The van der Waals surface area contributed by atoms with Crippen molar-refractivity contribution in [3.63, 3.8) is 0 Å². The zero-order valence-corrected chi connectivity index (χ0v) is 10.2. The lowest BCUT2D eigenvalue weighted by Gasteiger charge is -2.32. The Balaban J connectivity index is 2.04. The first-order valence-electron chi connectivity index (χ1n) is 5.87. The molecular weight excluding hydrogens is 252 g/mol. The maximum Gasteiger partial charge on any atom is 0.306 e. The highest BCUT2D eigenvalue weighted by Gasteiger charge is 2.26. The molecule has 0 bridgehead atoms. The lowest BCUT2D eigenvalue weighted by molar-refractivity contribution is -0.141. The summed E-state index contributed by atoms with van der Waals surface area (Å²) >= 11 is 0. The van der Waals surface area contributed by atoms with E-state index in [0.717, 1.165) is 0 Å². The number of ether oxygens (including phenoxy) is 1. The highest BCUT2D eigenvalue weighted by atomic mass is 16.5. The number of hydrogen-bond acceptors (Lipinski definition) is 4. The van der Waals surface area contributed by atoms with Gasteiger partial charge < -0.3 is 19.7 Å². The predicted octanol–water partition coefficient (Wildman–Crippen LogP) is -0.309. The third-order valence-corrected chi connectivity index (χ3v) is 2.86. The maximum atomic E-state index is 12.1. The highest BCUT2D eigenvalue weighted by molar-refractivity contribution is 5.94. The van der Waals surface area contributed by atoms with Crippen LogP contribution in [0, 0.1) is 0 Å². The number of hydrogen-bond donors (Lipinski definition) is 2. The molecule has 1 aliphatic rings. The average Bonchev–Trinajstić information content (AvgIpc) is 2.38. The van der Waals surface area contributed by atoms with Crippen LogP contribution in [0.25, 0.3) is 0 Å². The lowest BCUT2D eigenvalue weighted by Crippen LogP contribution is -2.46. The fourth-order valence-electron chi connectivity index (χ4n) is 1.95. The van der Waals surface area contributed by atoms with Gasteiger partial charge in [-0.25, -0.2) is 0 Å². The van der Waals surface area contributed by atoms with Crippen LogP contribution < -0.4 is 5.56 Å². The molecular formula is C12H14N2O5. The van der Waals surface area contributed by atoms with Gasteiger partial charge in [0.1, 0.15) is 0 Å². The molecule has 1 unspecified atom stereocenters. The van der Waals surface area contributed by atoms with Gasteiger partial charge in [-0.05, 0) is 6.07 Å². The molecule has 0 aliphatic carbocycles. The van der Waals surface area contributed by atoms with Gasteiger partial charge in [0, 0.05) is 25.4 Å². The van der Waals surface area contributed by atoms with Crippen molar-refractivity contribution in [2.45, 2.75) is 12.5 Å². The number of morpholine rings is 1. The number of aliphatic carboxylic acids is 1. The monoisotopic (exact) mass is 266 g/mol. The summed E-state index contributed by atoms with van der Waals surface area (Å²) in [5.74, 6) is -1.20. The molecule has 0 spiro atoms. The van der Waals surface area contributed by atoms with E-state index in [0.29, 0.717) is 18.7 Å². The van der Waals surface area contributed by atoms with Crippen molar-refractivity contribution in [2.24, 2.45) is 0 Å². The average molecular weight is 266 g/mol. The minimum absolute atomic E-state index is 0.130. The van der Waals surface area contributed by atoms with Crippen LogP contribution in [-0.2, 0) is 9.53 Å². The van der Waals surface area contributed by atoms with E-state index in [4.69, 9.17) is 9.84 Å². The Hall–Kier alpha value is -2.15. The molecule has 1 aromatic rings. The van der Waals surface area contributed by atoms with Gasteiger partial charge >= 0.3 is 5.97 Å². The number of aromatic amines is 1. The number of H-pyrrole nitrogens is 1. The predicted molar refractivity (Wildman–Crippen MR) is 65.0 cm³/mol. The van der Waals surface area contributed by atoms with E-state index in [1.165, 1.54) is 23.2 Å². The van der Waals surface area contributed by atoms with Crippen molar-refractivity contribution >= 4 is 11.9 Å². The minimum Gasteiger partial charge on any atom is -0.481 e. The van der Waals surface area contributed by atoms with E-state index < -0.39 is 12.1 Å². The van der Waals surface area contributed by atoms with Gasteiger partial charge in [0.05, 0.1) is 24.7 Å². The molecule has 1 amide bonds. The van der Waals surface area contributed by atoms with Crippen molar-refractivity contribution < 1.29 is 19.4 Å². The van der Waals surface area contributed by atoms with E-state index in [2.05, 4.69) is 4.98 Å². The first-order chi connectivity index (χ1) is 9.06. The number of carbonyl (C=O) groups excluding carboxylic acids is 1. The van der Waals surface area contributed by atoms with Crippen molar-refractivity contribution in [3.05, 3.63) is 34.2 Å². The Kier molecular flexibility index (Phi) is 3.96. The summed E-state index contributed by atoms with van der Waals surface area (Å²) in [6.45, 7) is 0.964. The molecule has 1 atom stereocenters. The van der Waals surface area contributed by atoms with Crippen molar-refractivity contribution in [1.29, 1.82) is 0 Å². The van der Waals surface area contributed by atoms with Crippen LogP contribution in [-0.4, -0.2) is 52.7 Å². The van der Waals surface area contributed by atoms with Crippen LogP contribution in [0.2, 0.25) is 0 Å². The van der Waals surface area contributed by atoms with Gasteiger partial charge in [0.25, 0.3) is 5.91 Å². The number of pyridine rings is 1.